The number of likely N-dealkylation sites (tertiary alicyclic amines) is 1. The number of aromatic nitrogens is 1. The molecule has 1 aromatic heterocycles. The average molecular weight is 386 g/mol. The molecule has 1 saturated carbocycles. The van der Waals surface area contributed by atoms with E-state index < -0.39 is 5.97 Å². The van der Waals surface area contributed by atoms with Crippen LogP contribution in [0.4, 0.5) is 0 Å². The molecule has 1 aliphatic carbocycles. The third-order valence-corrected chi connectivity index (χ3v) is 6.44. The summed E-state index contributed by atoms with van der Waals surface area (Å²) in [5.74, 6) is 0.211. The van der Waals surface area contributed by atoms with Gasteiger partial charge in [-0.2, -0.15) is 0 Å². The third kappa shape index (κ3) is 3.98. The lowest BCUT2D eigenvalue weighted by atomic mass is 9.93. The van der Waals surface area contributed by atoms with E-state index in [4.69, 9.17) is 5.11 Å². The fraction of sp³-hybridized carbons (Fsp3) is 0.450. The maximum Gasteiger partial charge on any atom is 0.355 e. The number of carbonyl (C=O) groups excluding carboxylic acids is 1. The van der Waals surface area contributed by atoms with Crippen LogP contribution in [0, 0.1) is 11.8 Å². The number of hydrogen-bond donors (Lipinski definition) is 2. The van der Waals surface area contributed by atoms with Crippen molar-refractivity contribution in [3.8, 4) is 5.75 Å². The van der Waals surface area contributed by atoms with Gasteiger partial charge in [-0.15, -0.1) is 11.3 Å². The van der Waals surface area contributed by atoms with E-state index >= 15 is 0 Å². The van der Waals surface area contributed by atoms with E-state index in [1.54, 1.807) is 17.5 Å². The monoisotopic (exact) mass is 386 g/mol. The predicted octanol–water partition coefficient (Wildman–Crippen LogP) is 3.13. The Hall–Kier alpha value is -2.41. The van der Waals surface area contributed by atoms with Crippen LogP contribution >= 0.6 is 11.3 Å². The molecule has 2 fully saturated rings. The Bertz CT molecular complexity index is 857. The zero-order chi connectivity index (χ0) is 19.0. The van der Waals surface area contributed by atoms with Crippen LogP contribution in [-0.4, -0.2) is 45.1 Å². The van der Waals surface area contributed by atoms with Crippen molar-refractivity contribution in [3.05, 3.63) is 45.9 Å². The first kappa shape index (κ1) is 18.0. The van der Waals surface area contributed by atoms with Gasteiger partial charge in [-0.25, -0.2) is 9.78 Å². The van der Waals surface area contributed by atoms with E-state index in [0.717, 1.165) is 49.3 Å². The molecule has 0 radical (unpaired) electrons. The van der Waals surface area contributed by atoms with Crippen molar-refractivity contribution < 1.29 is 19.8 Å². The van der Waals surface area contributed by atoms with Crippen LogP contribution < -0.4 is 0 Å². The molecule has 2 aliphatic rings. The molecule has 0 spiro atoms. The summed E-state index contributed by atoms with van der Waals surface area (Å²) < 4.78 is 0. The van der Waals surface area contributed by atoms with Gasteiger partial charge < -0.3 is 15.1 Å². The Morgan fingerprint density at radius 1 is 1.26 bits per heavy atom. The molecule has 0 unspecified atom stereocenters. The van der Waals surface area contributed by atoms with Crippen LogP contribution in [0.5, 0.6) is 5.75 Å². The molecule has 0 bridgehead atoms. The standard InChI is InChI=1S/C20H22N2O4S/c23-14-3-1-2-13(9-14)15-10-16(15)19(24)22-6-4-12(5-7-22)8-18-21-17(11-27-18)20(25)26/h1-3,9,11-12,15-16,23H,4-8,10H2,(H,25,26)/t15-,16+/m0/s1. The van der Waals surface area contributed by atoms with Gasteiger partial charge >= 0.3 is 5.97 Å². The van der Waals surface area contributed by atoms with E-state index in [0.29, 0.717) is 5.92 Å². The lowest BCUT2D eigenvalue weighted by Crippen LogP contribution is -2.40. The average Bonchev–Trinajstić information content (AvgIpc) is 3.33. The van der Waals surface area contributed by atoms with Gasteiger partial charge in [0.2, 0.25) is 5.91 Å². The summed E-state index contributed by atoms with van der Waals surface area (Å²) in [6, 6.07) is 7.20. The Morgan fingerprint density at radius 3 is 2.70 bits per heavy atom. The smallest absolute Gasteiger partial charge is 0.355 e. The molecule has 27 heavy (non-hydrogen) atoms. The molecule has 142 valence electrons. The van der Waals surface area contributed by atoms with E-state index in [1.807, 2.05) is 17.0 Å². The molecule has 1 saturated heterocycles. The summed E-state index contributed by atoms with van der Waals surface area (Å²) in [7, 11) is 0. The SMILES string of the molecule is O=C(O)c1csc(CC2CCN(C(=O)[C@@H]3C[C@H]3c3cccc(O)c3)CC2)n1. The second-order valence-electron chi connectivity index (χ2n) is 7.45. The molecule has 2 aromatic rings. The summed E-state index contributed by atoms with van der Waals surface area (Å²) in [4.78, 5) is 29.8. The number of carboxylic acids is 1. The van der Waals surface area contributed by atoms with Gasteiger partial charge in [-0.05, 0) is 48.8 Å². The normalized spacial score (nSPS) is 22.6. The second kappa shape index (κ2) is 7.31. The molecule has 7 heteroatoms. The summed E-state index contributed by atoms with van der Waals surface area (Å²) in [5, 5.41) is 21.0. The number of benzene rings is 1. The zero-order valence-corrected chi connectivity index (χ0v) is 15.7. The topological polar surface area (TPSA) is 90.7 Å². The summed E-state index contributed by atoms with van der Waals surface area (Å²) in [5.41, 5.74) is 1.16. The highest BCUT2D eigenvalue weighted by molar-refractivity contribution is 7.09. The van der Waals surface area contributed by atoms with Gasteiger partial charge in [-0.1, -0.05) is 12.1 Å². The molecular weight excluding hydrogens is 364 g/mol. The minimum atomic E-state index is -0.983. The van der Waals surface area contributed by atoms with Crippen molar-refractivity contribution in [3.63, 3.8) is 0 Å². The molecule has 2 atom stereocenters. The zero-order valence-electron chi connectivity index (χ0n) is 14.9. The highest BCUT2D eigenvalue weighted by Crippen LogP contribution is 2.49. The van der Waals surface area contributed by atoms with Crippen LogP contribution in [0.2, 0.25) is 0 Å². The first-order valence-electron chi connectivity index (χ1n) is 9.26. The largest absolute Gasteiger partial charge is 0.508 e. The number of carbonyl (C=O) groups is 2. The fourth-order valence-corrected chi connectivity index (χ4v) is 4.82. The molecular formula is C20H22N2O4S. The molecule has 2 N–H and O–H groups in total. The summed E-state index contributed by atoms with van der Waals surface area (Å²) in [6.45, 7) is 1.51. The number of aromatic hydroxyl groups is 1. The second-order valence-corrected chi connectivity index (χ2v) is 8.39. The van der Waals surface area contributed by atoms with Crippen molar-refractivity contribution in [2.75, 3.05) is 13.1 Å². The lowest BCUT2D eigenvalue weighted by molar-refractivity contribution is -0.134. The predicted molar refractivity (Wildman–Crippen MR) is 101 cm³/mol. The number of aromatic carboxylic acids is 1. The molecule has 4 rings (SSSR count). The van der Waals surface area contributed by atoms with Gasteiger partial charge in [0.1, 0.15) is 5.75 Å². The highest BCUT2D eigenvalue weighted by atomic mass is 32.1. The van der Waals surface area contributed by atoms with Crippen molar-refractivity contribution >= 4 is 23.2 Å². The van der Waals surface area contributed by atoms with Crippen LogP contribution in [0.1, 0.15) is 46.2 Å². The van der Waals surface area contributed by atoms with E-state index in [-0.39, 0.29) is 29.2 Å². The Morgan fingerprint density at radius 2 is 2.04 bits per heavy atom. The number of amides is 1. The maximum atomic E-state index is 12.8. The lowest BCUT2D eigenvalue weighted by Gasteiger charge is -2.32. The van der Waals surface area contributed by atoms with Crippen LogP contribution in [0.25, 0.3) is 0 Å². The van der Waals surface area contributed by atoms with Gasteiger partial charge in [0, 0.05) is 30.8 Å². The van der Waals surface area contributed by atoms with E-state index in [2.05, 4.69) is 4.98 Å². The first-order chi connectivity index (χ1) is 13.0. The van der Waals surface area contributed by atoms with Crippen molar-refractivity contribution in [1.29, 1.82) is 0 Å². The van der Waals surface area contributed by atoms with Crippen LogP contribution in [0.15, 0.2) is 29.6 Å². The van der Waals surface area contributed by atoms with E-state index in [1.165, 1.54) is 11.3 Å². The first-order valence-corrected chi connectivity index (χ1v) is 10.1. The molecule has 1 aromatic carbocycles. The summed E-state index contributed by atoms with van der Waals surface area (Å²) in [6.07, 6.45) is 3.50. The van der Waals surface area contributed by atoms with E-state index in [9.17, 15) is 14.7 Å². The number of hydrogen-bond acceptors (Lipinski definition) is 5. The van der Waals surface area contributed by atoms with Gasteiger partial charge in [-0.3, -0.25) is 4.79 Å². The number of phenols is 1. The summed E-state index contributed by atoms with van der Waals surface area (Å²) >= 11 is 1.40. The van der Waals surface area contributed by atoms with Crippen LogP contribution in [-0.2, 0) is 11.2 Å². The van der Waals surface area contributed by atoms with Crippen molar-refractivity contribution in [1.82, 2.24) is 9.88 Å². The molecule has 2 heterocycles. The highest BCUT2D eigenvalue weighted by Gasteiger charge is 2.46. The third-order valence-electron chi connectivity index (χ3n) is 5.57. The Kier molecular flexibility index (Phi) is 4.86. The molecule has 1 aliphatic heterocycles. The molecule has 1 amide bonds. The van der Waals surface area contributed by atoms with Crippen molar-refractivity contribution in [2.45, 2.75) is 31.6 Å². The fourth-order valence-electron chi connectivity index (χ4n) is 3.93. The number of phenolic OH excluding ortho intramolecular Hbond substituents is 1. The quantitative estimate of drug-likeness (QED) is 0.824. The number of piperidine rings is 1. The Balaban J connectivity index is 1.28. The number of rotatable bonds is 5. The maximum absolute atomic E-state index is 12.8. The number of thiazole rings is 1. The minimum Gasteiger partial charge on any atom is -0.508 e. The minimum absolute atomic E-state index is 0.0421. The number of carboxylic acid groups (broad SMARTS) is 1. The Labute approximate surface area is 161 Å². The van der Waals surface area contributed by atoms with Gasteiger partial charge in [0.15, 0.2) is 5.69 Å². The van der Waals surface area contributed by atoms with Gasteiger partial charge in [0.25, 0.3) is 0 Å². The van der Waals surface area contributed by atoms with Crippen LogP contribution in [0.3, 0.4) is 0 Å². The van der Waals surface area contributed by atoms with Crippen molar-refractivity contribution in [2.24, 2.45) is 11.8 Å². The number of nitrogens with zero attached hydrogens (tertiary/aromatic N) is 2. The van der Waals surface area contributed by atoms with Gasteiger partial charge in [0.05, 0.1) is 5.01 Å². The molecule has 6 nitrogen and oxygen atoms in total.